The predicted molar refractivity (Wildman–Crippen MR) is 64.3 cm³/mol. The highest BCUT2D eigenvalue weighted by Crippen LogP contribution is 2.24. The van der Waals surface area contributed by atoms with Crippen molar-refractivity contribution in [3.63, 3.8) is 0 Å². The molecule has 6 nitrogen and oxygen atoms in total. The Hall–Kier alpha value is -2.58. The molecule has 0 radical (unpaired) electrons. The Bertz CT molecular complexity index is 652. The number of rotatable bonds is 3. The van der Waals surface area contributed by atoms with Crippen molar-refractivity contribution >= 4 is 5.95 Å². The Morgan fingerprint density at radius 1 is 1.20 bits per heavy atom. The average molecular weight is 286 g/mol. The molecule has 0 saturated heterocycles. The van der Waals surface area contributed by atoms with Gasteiger partial charge in [-0.25, -0.2) is 0 Å². The van der Waals surface area contributed by atoms with Crippen molar-refractivity contribution < 1.29 is 17.9 Å². The molecule has 0 aliphatic heterocycles. The Labute approximate surface area is 110 Å². The zero-order chi connectivity index (χ0) is 14.8. The van der Waals surface area contributed by atoms with Gasteiger partial charge in [0.25, 0.3) is 5.56 Å². The second-order valence-electron chi connectivity index (χ2n) is 3.67. The van der Waals surface area contributed by atoms with Crippen molar-refractivity contribution in [1.29, 1.82) is 0 Å². The highest BCUT2D eigenvalue weighted by atomic mass is 19.4. The van der Waals surface area contributed by atoms with E-state index >= 15 is 0 Å². The number of aromatic amines is 1. The highest BCUT2D eigenvalue weighted by Gasteiger charge is 2.31. The molecule has 0 fully saturated rings. The number of nitrogens with one attached hydrogen (secondary N) is 2. The summed E-state index contributed by atoms with van der Waals surface area (Å²) < 4.78 is 39.7. The van der Waals surface area contributed by atoms with Gasteiger partial charge in [-0.1, -0.05) is 0 Å². The molecule has 0 atom stereocenters. The molecule has 1 heterocycles. The standard InChI is InChI=1S/C11H9F3N4O2/c1-15-10-16-9(19)8(17-18-10)6-2-4-7(5-3-6)20-11(12,13)14/h2-5H,1H3,(H2,15,16,18,19). The lowest BCUT2D eigenvalue weighted by Crippen LogP contribution is -2.17. The van der Waals surface area contributed by atoms with E-state index in [2.05, 4.69) is 25.2 Å². The summed E-state index contributed by atoms with van der Waals surface area (Å²) in [6, 6.07) is 4.77. The molecule has 0 bridgehead atoms. The summed E-state index contributed by atoms with van der Waals surface area (Å²) in [5.74, 6) is -0.187. The minimum atomic E-state index is -4.76. The van der Waals surface area contributed by atoms with E-state index in [9.17, 15) is 18.0 Å². The summed E-state index contributed by atoms with van der Waals surface area (Å²) in [6.45, 7) is 0. The van der Waals surface area contributed by atoms with Gasteiger partial charge in [0.1, 0.15) is 5.75 Å². The van der Waals surface area contributed by atoms with E-state index in [4.69, 9.17) is 0 Å². The molecule has 0 amide bonds. The van der Waals surface area contributed by atoms with Crippen LogP contribution >= 0.6 is 0 Å². The number of nitrogens with zero attached hydrogens (tertiary/aromatic N) is 2. The number of halogens is 3. The van der Waals surface area contributed by atoms with Crippen LogP contribution in [0, 0.1) is 0 Å². The SMILES string of the molecule is CNc1nnc(-c2ccc(OC(F)(F)F)cc2)c(=O)[nH]1. The average Bonchev–Trinajstić information content (AvgIpc) is 2.38. The monoisotopic (exact) mass is 286 g/mol. The number of ether oxygens (including phenoxy) is 1. The smallest absolute Gasteiger partial charge is 0.406 e. The van der Waals surface area contributed by atoms with Crippen LogP contribution in [0.4, 0.5) is 19.1 Å². The van der Waals surface area contributed by atoms with E-state index in [1.54, 1.807) is 7.05 Å². The summed E-state index contributed by atoms with van der Waals surface area (Å²) in [5.41, 5.74) is -0.174. The van der Waals surface area contributed by atoms with Crippen LogP contribution in [-0.2, 0) is 0 Å². The normalized spacial score (nSPS) is 11.2. The van der Waals surface area contributed by atoms with Crippen LogP contribution in [0.2, 0.25) is 0 Å². The summed E-state index contributed by atoms with van der Waals surface area (Å²) >= 11 is 0. The summed E-state index contributed by atoms with van der Waals surface area (Å²) in [4.78, 5) is 14.1. The third-order valence-electron chi connectivity index (χ3n) is 2.30. The number of benzene rings is 1. The van der Waals surface area contributed by atoms with Crippen molar-refractivity contribution in [2.75, 3.05) is 12.4 Å². The first-order valence-electron chi connectivity index (χ1n) is 5.40. The van der Waals surface area contributed by atoms with Gasteiger partial charge in [0.2, 0.25) is 5.95 Å². The van der Waals surface area contributed by atoms with Crippen LogP contribution in [0.25, 0.3) is 11.3 Å². The maximum Gasteiger partial charge on any atom is 0.573 e. The van der Waals surface area contributed by atoms with Gasteiger partial charge in [0.05, 0.1) is 0 Å². The number of anilines is 1. The van der Waals surface area contributed by atoms with Crippen molar-refractivity contribution in [2.24, 2.45) is 0 Å². The molecule has 0 saturated carbocycles. The Kier molecular flexibility index (Phi) is 3.59. The molecule has 0 unspecified atom stereocenters. The van der Waals surface area contributed by atoms with E-state index in [0.29, 0.717) is 5.56 Å². The Morgan fingerprint density at radius 3 is 2.35 bits per heavy atom. The van der Waals surface area contributed by atoms with Gasteiger partial charge in [0, 0.05) is 12.6 Å². The minimum absolute atomic E-state index is 0.00237. The topological polar surface area (TPSA) is 79.9 Å². The Morgan fingerprint density at radius 2 is 1.85 bits per heavy atom. The summed E-state index contributed by atoms with van der Waals surface area (Å²) in [6.07, 6.45) is -4.76. The molecule has 0 aliphatic rings. The first-order valence-corrected chi connectivity index (χ1v) is 5.40. The summed E-state index contributed by atoms with van der Waals surface area (Å²) in [5, 5.41) is 10.00. The van der Waals surface area contributed by atoms with Crippen molar-refractivity contribution in [2.45, 2.75) is 6.36 Å². The largest absolute Gasteiger partial charge is 0.573 e. The van der Waals surface area contributed by atoms with Crippen LogP contribution < -0.4 is 15.6 Å². The molecule has 1 aromatic heterocycles. The van der Waals surface area contributed by atoms with Gasteiger partial charge in [-0.05, 0) is 24.3 Å². The second-order valence-corrected chi connectivity index (χ2v) is 3.67. The fraction of sp³-hybridized carbons (Fsp3) is 0.182. The third-order valence-corrected chi connectivity index (χ3v) is 2.30. The molecule has 106 valence electrons. The van der Waals surface area contributed by atoms with Gasteiger partial charge in [-0.2, -0.15) is 0 Å². The molecular formula is C11H9F3N4O2. The number of aromatic nitrogens is 3. The van der Waals surface area contributed by atoms with E-state index in [1.165, 1.54) is 12.1 Å². The molecule has 0 aliphatic carbocycles. The third kappa shape index (κ3) is 3.25. The van der Waals surface area contributed by atoms with E-state index < -0.39 is 11.9 Å². The van der Waals surface area contributed by atoms with Crippen molar-refractivity contribution in [3.05, 3.63) is 34.6 Å². The zero-order valence-electron chi connectivity index (χ0n) is 10.2. The second kappa shape index (κ2) is 5.19. The van der Waals surface area contributed by atoms with Crippen LogP contribution in [-0.4, -0.2) is 28.6 Å². The van der Waals surface area contributed by atoms with Crippen molar-refractivity contribution in [3.8, 4) is 17.0 Å². The zero-order valence-corrected chi connectivity index (χ0v) is 10.2. The number of alkyl halides is 3. The maximum absolute atomic E-state index is 12.0. The van der Waals surface area contributed by atoms with E-state index in [-0.39, 0.29) is 17.4 Å². The molecule has 2 rings (SSSR count). The van der Waals surface area contributed by atoms with E-state index in [0.717, 1.165) is 12.1 Å². The van der Waals surface area contributed by atoms with Gasteiger partial charge in [0.15, 0.2) is 5.69 Å². The molecular weight excluding hydrogens is 277 g/mol. The maximum atomic E-state index is 12.0. The van der Waals surface area contributed by atoms with Gasteiger partial charge < -0.3 is 10.1 Å². The minimum Gasteiger partial charge on any atom is -0.406 e. The first-order chi connectivity index (χ1) is 9.39. The lowest BCUT2D eigenvalue weighted by atomic mass is 10.1. The predicted octanol–water partition coefficient (Wildman–Crippen LogP) is 1.77. The molecule has 0 spiro atoms. The van der Waals surface area contributed by atoms with E-state index in [1.807, 2.05) is 0 Å². The van der Waals surface area contributed by atoms with Crippen LogP contribution in [0.3, 0.4) is 0 Å². The molecule has 1 aromatic carbocycles. The first kappa shape index (κ1) is 13.8. The number of hydrogen-bond acceptors (Lipinski definition) is 5. The lowest BCUT2D eigenvalue weighted by molar-refractivity contribution is -0.274. The lowest BCUT2D eigenvalue weighted by Gasteiger charge is -2.08. The fourth-order valence-corrected chi connectivity index (χ4v) is 1.45. The molecule has 20 heavy (non-hydrogen) atoms. The molecule has 2 N–H and O–H groups in total. The highest BCUT2D eigenvalue weighted by molar-refractivity contribution is 5.58. The van der Waals surface area contributed by atoms with Crippen LogP contribution in [0.1, 0.15) is 0 Å². The van der Waals surface area contributed by atoms with Gasteiger partial charge in [-0.15, -0.1) is 23.4 Å². The fourth-order valence-electron chi connectivity index (χ4n) is 1.45. The molecule has 2 aromatic rings. The van der Waals surface area contributed by atoms with Crippen LogP contribution in [0.5, 0.6) is 5.75 Å². The van der Waals surface area contributed by atoms with Crippen molar-refractivity contribution in [1.82, 2.24) is 15.2 Å². The molecule has 9 heteroatoms. The summed E-state index contributed by atoms with van der Waals surface area (Å²) in [7, 11) is 1.56. The van der Waals surface area contributed by atoms with Gasteiger partial charge in [-0.3, -0.25) is 9.78 Å². The quantitative estimate of drug-likeness (QED) is 0.899. The number of H-pyrrole nitrogens is 1. The number of hydrogen-bond donors (Lipinski definition) is 2. The van der Waals surface area contributed by atoms with Crippen LogP contribution in [0.15, 0.2) is 29.1 Å². The Balaban J connectivity index is 2.28. The van der Waals surface area contributed by atoms with Gasteiger partial charge >= 0.3 is 6.36 Å².